The average Bonchev–Trinajstić information content (AvgIpc) is 3.15. The summed E-state index contributed by atoms with van der Waals surface area (Å²) in [5.41, 5.74) is 3.95. The lowest BCUT2D eigenvalue weighted by molar-refractivity contribution is 0.456. The fraction of sp³-hybridized carbons (Fsp3) is 0.375. The zero-order valence-electron chi connectivity index (χ0n) is 12.7. The van der Waals surface area contributed by atoms with Crippen molar-refractivity contribution >= 4 is 28.5 Å². The van der Waals surface area contributed by atoms with Crippen LogP contribution in [0, 0.1) is 6.92 Å². The molecule has 0 amide bonds. The molecule has 1 fully saturated rings. The van der Waals surface area contributed by atoms with E-state index in [0.29, 0.717) is 12.1 Å². The highest BCUT2D eigenvalue weighted by Crippen LogP contribution is 2.34. The first-order chi connectivity index (χ1) is 10.7. The van der Waals surface area contributed by atoms with E-state index >= 15 is 0 Å². The molecule has 5 nitrogen and oxygen atoms in total. The molecule has 1 N–H and O–H groups in total. The molecule has 4 rings (SSSR count). The molecule has 0 spiro atoms. The summed E-state index contributed by atoms with van der Waals surface area (Å²) >= 11 is 1.62. The molecule has 1 atom stereocenters. The van der Waals surface area contributed by atoms with E-state index in [1.807, 2.05) is 11.6 Å². The highest BCUT2D eigenvalue weighted by atomic mass is 32.1. The fourth-order valence-electron chi connectivity index (χ4n) is 2.92. The van der Waals surface area contributed by atoms with Gasteiger partial charge >= 0.3 is 0 Å². The molecule has 0 saturated carbocycles. The normalized spacial score (nSPS) is 19.0. The van der Waals surface area contributed by atoms with Gasteiger partial charge in [-0.25, -0.2) is 4.98 Å². The predicted octanol–water partition coefficient (Wildman–Crippen LogP) is 3.06. The number of hydrogen-bond donors (Lipinski definition) is 1. The van der Waals surface area contributed by atoms with Gasteiger partial charge in [0.15, 0.2) is 5.58 Å². The van der Waals surface area contributed by atoms with Gasteiger partial charge in [-0.1, -0.05) is 0 Å². The van der Waals surface area contributed by atoms with Crippen LogP contribution >= 0.6 is 11.3 Å². The van der Waals surface area contributed by atoms with Crippen LogP contribution in [0.25, 0.3) is 21.7 Å². The Morgan fingerprint density at radius 2 is 2.32 bits per heavy atom. The molecular formula is C16H18N4OS. The Bertz CT molecular complexity index is 796. The van der Waals surface area contributed by atoms with Gasteiger partial charge in [0.1, 0.15) is 10.5 Å². The zero-order valence-corrected chi connectivity index (χ0v) is 13.5. The van der Waals surface area contributed by atoms with Crippen LogP contribution in [-0.2, 0) is 0 Å². The Kier molecular flexibility index (Phi) is 3.35. The van der Waals surface area contributed by atoms with Crippen molar-refractivity contribution in [2.24, 2.45) is 0 Å². The summed E-state index contributed by atoms with van der Waals surface area (Å²) < 4.78 is 6.14. The third-order valence-electron chi connectivity index (χ3n) is 4.03. The number of aromatic nitrogens is 2. The monoisotopic (exact) mass is 314 g/mol. The zero-order chi connectivity index (χ0) is 15.1. The molecule has 0 bridgehead atoms. The van der Waals surface area contributed by atoms with Crippen LogP contribution < -0.4 is 10.2 Å². The summed E-state index contributed by atoms with van der Waals surface area (Å²) in [7, 11) is 0. The number of anilines is 1. The second kappa shape index (κ2) is 5.37. The summed E-state index contributed by atoms with van der Waals surface area (Å²) in [5.74, 6) is 0. The Hall–Kier alpha value is -1.92. The highest BCUT2D eigenvalue weighted by Gasteiger charge is 2.24. The van der Waals surface area contributed by atoms with Crippen molar-refractivity contribution in [3.63, 3.8) is 0 Å². The van der Waals surface area contributed by atoms with Crippen LogP contribution in [0.4, 0.5) is 6.01 Å². The molecule has 1 aliphatic heterocycles. The van der Waals surface area contributed by atoms with Crippen LogP contribution in [0.15, 0.2) is 28.1 Å². The van der Waals surface area contributed by atoms with E-state index in [1.165, 1.54) is 5.56 Å². The SMILES string of the molecule is Cc1cc(-c2nccs2)c2oc(N3CCNC[C@@H]3C)nc2c1. The summed E-state index contributed by atoms with van der Waals surface area (Å²) in [5, 5.41) is 6.35. The number of benzene rings is 1. The van der Waals surface area contributed by atoms with Crippen LogP contribution in [0.3, 0.4) is 0 Å². The summed E-state index contributed by atoms with van der Waals surface area (Å²) in [6.45, 7) is 7.10. The van der Waals surface area contributed by atoms with E-state index in [4.69, 9.17) is 9.40 Å². The van der Waals surface area contributed by atoms with Crippen molar-refractivity contribution in [3.8, 4) is 10.6 Å². The third-order valence-corrected chi connectivity index (χ3v) is 4.84. The van der Waals surface area contributed by atoms with Crippen molar-refractivity contribution < 1.29 is 4.42 Å². The number of nitrogens with zero attached hydrogens (tertiary/aromatic N) is 3. The Balaban J connectivity index is 1.85. The van der Waals surface area contributed by atoms with Crippen molar-refractivity contribution in [2.75, 3.05) is 24.5 Å². The molecule has 2 aromatic heterocycles. The topological polar surface area (TPSA) is 54.2 Å². The van der Waals surface area contributed by atoms with Crippen LogP contribution in [0.1, 0.15) is 12.5 Å². The number of nitrogens with one attached hydrogen (secondary N) is 1. The lowest BCUT2D eigenvalue weighted by Crippen LogP contribution is -2.50. The molecule has 1 saturated heterocycles. The van der Waals surface area contributed by atoms with Gasteiger partial charge in [0.05, 0.1) is 5.56 Å². The standard InChI is InChI=1S/C16H18N4OS/c1-10-7-12(15-18-4-6-22-15)14-13(8-10)19-16(21-14)20-5-3-17-9-11(20)2/h4,6-8,11,17H,3,5,9H2,1-2H3/t11-/m0/s1. The third kappa shape index (κ3) is 2.28. The van der Waals surface area contributed by atoms with Gasteiger partial charge < -0.3 is 14.6 Å². The highest BCUT2D eigenvalue weighted by molar-refractivity contribution is 7.13. The van der Waals surface area contributed by atoms with Gasteiger partial charge in [-0.15, -0.1) is 11.3 Å². The largest absolute Gasteiger partial charge is 0.423 e. The molecule has 0 radical (unpaired) electrons. The van der Waals surface area contributed by atoms with Crippen molar-refractivity contribution in [1.82, 2.24) is 15.3 Å². The molecule has 6 heteroatoms. The molecule has 3 heterocycles. The second-order valence-electron chi connectivity index (χ2n) is 5.74. The Morgan fingerprint density at radius 1 is 1.41 bits per heavy atom. The first kappa shape index (κ1) is 13.7. The molecule has 3 aromatic rings. The van der Waals surface area contributed by atoms with Gasteiger partial charge in [-0.05, 0) is 31.5 Å². The summed E-state index contributed by atoms with van der Waals surface area (Å²) in [6.07, 6.45) is 1.82. The molecule has 0 unspecified atom stereocenters. The maximum absolute atomic E-state index is 6.14. The minimum atomic E-state index is 0.381. The quantitative estimate of drug-likeness (QED) is 0.788. The number of piperazine rings is 1. The molecule has 0 aliphatic carbocycles. The van der Waals surface area contributed by atoms with Gasteiger partial charge in [-0.3, -0.25) is 0 Å². The van der Waals surface area contributed by atoms with E-state index in [2.05, 4.69) is 41.2 Å². The van der Waals surface area contributed by atoms with Gasteiger partial charge in [0.2, 0.25) is 0 Å². The number of fused-ring (bicyclic) bond motifs is 1. The number of aryl methyl sites for hydroxylation is 1. The van der Waals surface area contributed by atoms with Crippen LogP contribution in [0.5, 0.6) is 0 Å². The lowest BCUT2D eigenvalue weighted by atomic mass is 10.1. The maximum atomic E-state index is 6.14. The van der Waals surface area contributed by atoms with Gasteiger partial charge in [-0.2, -0.15) is 4.98 Å². The maximum Gasteiger partial charge on any atom is 0.298 e. The smallest absolute Gasteiger partial charge is 0.298 e. The predicted molar refractivity (Wildman–Crippen MR) is 89.5 cm³/mol. The molecule has 1 aromatic carbocycles. The number of oxazole rings is 1. The number of hydrogen-bond acceptors (Lipinski definition) is 6. The second-order valence-corrected chi connectivity index (χ2v) is 6.64. The molecular weight excluding hydrogens is 296 g/mol. The minimum absolute atomic E-state index is 0.381. The van der Waals surface area contributed by atoms with E-state index in [9.17, 15) is 0 Å². The first-order valence-electron chi connectivity index (χ1n) is 7.51. The average molecular weight is 314 g/mol. The summed E-state index contributed by atoms with van der Waals surface area (Å²) in [6, 6.07) is 5.29. The Morgan fingerprint density at radius 3 is 3.09 bits per heavy atom. The van der Waals surface area contributed by atoms with Gasteiger partial charge in [0.25, 0.3) is 6.01 Å². The number of rotatable bonds is 2. The van der Waals surface area contributed by atoms with Crippen molar-refractivity contribution in [1.29, 1.82) is 0 Å². The Labute approximate surface area is 133 Å². The van der Waals surface area contributed by atoms with Crippen LogP contribution in [0.2, 0.25) is 0 Å². The van der Waals surface area contributed by atoms with E-state index in [1.54, 1.807) is 11.3 Å². The van der Waals surface area contributed by atoms with Crippen molar-refractivity contribution in [2.45, 2.75) is 19.9 Å². The summed E-state index contributed by atoms with van der Waals surface area (Å²) in [4.78, 5) is 11.4. The van der Waals surface area contributed by atoms with E-state index < -0.39 is 0 Å². The molecule has 114 valence electrons. The van der Waals surface area contributed by atoms with E-state index in [0.717, 1.165) is 41.3 Å². The fourth-order valence-corrected chi connectivity index (χ4v) is 3.58. The first-order valence-corrected chi connectivity index (χ1v) is 8.39. The molecule has 1 aliphatic rings. The minimum Gasteiger partial charge on any atom is -0.423 e. The van der Waals surface area contributed by atoms with E-state index in [-0.39, 0.29) is 0 Å². The lowest BCUT2D eigenvalue weighted by Gasteiger charge is -2.32. The molecule has 22 heavy (non-hydrogen) atoms. The van der Waals surface area contributed by atoms with Crippen LogP contribution in [-0.4, -0.2) is 35.6 Å². The number of thiazole rings is 1. The van der Waals surface area contributed by atoms with Crippen molar-refractivity contribution in [3.05, 3.63) is 29.3 Å². The van der Waals surface area contributed by atoms with Gasteiger partial charge in [0, 0.05) is 37.3 Å².